The maximum atomic E-state index is 13.1. The fraction of sp³-hybridized carbons (Fsp3) is 0.625. The molecule has 1 heterocycles. The Morgan fingerprint density at radius 2 is 1.39 bits per heavy atom. The van der Waals surface area contributed by atoms with Crippen molar-refractivity contribution in [2.24, 2.45) is 11.8 Å². The highest BCUT2D eigenvalue weighted by molar-refractivity contribution is 5.94. The SMILES string of the molecule is O=C(N[C@@H]1CCCCC1NC(=O)C1CCN(C(=O)C2CCC2)CC1)c1ccc(F)cc1. The molecule has 0 bridgehead atoms. The first kappa shape index (κ1) is 21.8. The second-order valence-corrected chi connectivity index (χ2v) is 9.21. The molecular weight excluding hydrogens is 397 g/mol. The van der Waals surface area contributed by atoms with E-state index in [4.69, 9.17) is 0 Å². The van der Waals surface area contributed by atoms with Gasteiger partial charge in [-0.2, -0.15) is 0 Å². The monoisotopic (exact) mass is 429 g/mol. The predicted octanol–water partition coefficient (Wildman–Crippen LogP) is 3.02. The summed E-state index contributed by atoms with van der Waals surface area (Å²) in [6, 6.07) is 5.27. The fourth-order valence-electron chi connectivity index (χ4n) is 4.91. The van der Waals surface area contributed by atoms with Gasteiger partial charge in [0.15, 0.2) is 0 Å². The van der Waals surface area contributed by atoms with Gasteiger partial charge in [-0.25, -0.2) is 4.39 Å². The van der Waals surface area contributed by atoms with E-state index in [9.17, 15) is 18.8 Å². The maximum Gasteiger partial charge on any atom is 0.251 e. The molecule has 168 valence electrons. The summed E-state index contributed by atoms with van der Waals surface area (Å²) in [4.78, 5) is 39.8. The van der Waals surface area contributed by atoms with E-state index in [0.717, 1.165) is 44.9 Å². The minimum Gasteiger partial charge on any atom is -0.351 e. The van der Waals surface area contributed by atoms with Gasteiger partial charge in [0.2, 0.25) is 11.8 Å². The van der Waals surface area contributed by atoms with Crippen molar-refractivity contribution < 1.29 is 18.8 Å². The molecule has 7 heteroatoms. The number of nitrogens with one attached hydrogen (secondary N) is 2. The van der Waals surface area contributed by atoms with E-state index < -0.39 is 0 Å². The van der Waals surface area contributed by atoms with Gasteiger partial charge in [0.05, 0.1) is 0 Å². The largest absolute Gasteiger partial charge is 0.351 e. The van der Waals surface area contributed by atoms with E-state index >= 15 is 0 Å². The van der Waals surface area contributed by atoms with Crippen LogP contribution in [0.2, 0.25) is 0 Å². The summed E-state index contributed by atoms with van der Waals surface area (Å²) in [7, 11) is 0. The molecule has 1 aliphatic heterocycles. The van der Waals surface area contributed by atoms with Crippen LogP contribution in [-0.2, 0) is 9.59 Å². The molecule has 3 fully saturated rings. The first-order valence-electron chi connectivity index (χ1n) is 11.7. The van der Waals surface area contributed by atoms with Crippen molar-refractivity contribution >= 4 is 17.7 Å². The molecule has 2 saturated carbocycles. The van der Waals surface area contributed by atoms with Gasteiger partial charge >= 0.3 is 0 Å². The van der Waals surface area contributed by atoms with E-state index in [2.05, 4.69) is 10.6 Å². The molecule has 0 spiro atoms. The number of amides is 3. The Morgan fingerprint density at radius 1 is 0.774 bits per heavy atom. The Morgan fingerprint density at radius 3 is 1.97 bits per heavy atom. The molecule has 31 heavy (non-hydrogen) atoms. The van der Waals surface area contributed by atoms with E-state index in [0.29, 0.717) is 31.5 Å². The summed E-state index contributed by atoms with van der Waals surface area (Å²) < 4.78 is 13.1. The quantitative estimate of drug-likeness (QED) is 0.755. The van der Waals surface area contributed by atoms with Crippen molar-refractivity contribution in [3.63, 3.8) is 0 Å². The standard InChI is InChI=1S/C24H32FN3O3/c25-19-10-8-16(9-11-19)22(29)26-20-6-1-2-7-21(20)27-23(30)17-12-14-28(15-13-17)24(31)18-4-3-5-18/h8-11,17-18,20-21H,1-7,12-15H2,(H,26,29)(H,27,30)/t20-,21?/m1/s1. The molecule has 1 saturated heterocycles. The molecule has 6 nitrogen and oxygen atoms in total. The molecule has 1 unspecified atom stereocenters. The van der Waals surface area contributed by atoms with E-state index in [1.54, 1.807) is 0 Å². The Hall–Kier alpha value is -2.44. The maximum absolute atomic E-state index is 13.1. The van der Waals surface area contributed by atoms with E-state index in [1.807, 2.05) is 4.90 Å². The first-order chi connectivity index (χ1) is 15.0. The van der Waals surface area contributed by atoms with Gasteiger partial charge < -0.3 is 15.5 Å². The number of nitrogens with zero attached hydrogens (tertiary/aromatic N) is 1. The molecular formula is C24H32FN3O3. The third-order valence-corrected chi connectivity index (χ3v) is 7.15. The van der Waals surface area contributed by atoms with E-state index in [-0.39, 0.29) is 47.5 Å². The Balaban J connectivity index is 1.28. The van der Waals surface area contributed by atoms with Crippen LogP contribution in [0.15, 0.2) is 24.3 Å². The number of hydrogen-bond acceptors (Lipinski definition) is 3. The second-order valence-electron chi connectivity index (χ2n) is 9.21. The van der Waals surface area contributed by atoms with Crippen LogP contribution in [0.5, 0.6) is 0 Å². The smallest absolute Gasteiger partial charge is 0.251 e. The van der Waals surface area contributed by atoms with Crippen LogP contribution in [0.25, 0.3) is 0 Å². The first-order valence-corrected chi connectivity index (χ1v) is 11.7. The van der Waals surface area contributed by atoms with Gasteiger partial charge in [0, 0.05) is 42.6 Å². The summed E-state index contributed by atoms with van der Waals surface area (Å²) in [6.07, 6.45) is 8.22. The highest BCUT2D eigenvalue weighted by Crippen LogP contribution is 2.30. The van der Waals surface area contributed by atoms with Crippen molar-refractivity contribution in [1.82, 2.24) is 15.5 Å². The summed E-state index contributed by atoms with van der Waals surface area (Å²) in [5.41, 5.74) is 0.417. The Bertz CT molecular complexity index is 801. The van der Waals surface area contributed by atoms with Crippen LogP contribution in [0.1, 0.15) is 68.1 Å². The highest BCUT2D eigenvalue weighted by atomic mass is 19.1. The summed E-state index contributed by atoms with van der Waals surface area (Å²) in [5, 5.41) is 6.21. The number of likely N-dealkylation sites (tertiary alicyclic amines) is 1. The van der Waals surface area contributed by atoms with Gasteiger partial charge in [0.25, 0.3) is 5.91 Å². The third-order valence-electron chi connectivity index (χ3n) is 7.15. The zero-order chi connectivity index (χ0) is 21.8. The lowest BCUT2D eigenvalue weighted by atomic mass is 9.83. The van der Waals surface area contributed by atoms with Crippen molar-refractivity contribution in [3.8, 4) is 0 Å². The van der Waals surface area contributed by atoms with Gasteiger partial charge in [-0.05, 0) is 62.8 Å². The van der Waals surface area contributed by atoms with E-state index in [1.165, 1.54) is 24.3 Å². The number of benzene rings is 1. The lowest BCUT2D eigenvalue weighted by Gasteiger charge is -2.37. The number of hydrogen-bond donors (Lipinski definition) is 2. The number of carbonyl (C=O) groups is 3. The fourth-order valence-corrected chi connectivity index (χ4v) is 4.91. The number of piperidine rings is 1. The number of rotatable bonds is 5. The van der Waals surface area contributed by atoms with Crippen LogP contribution in [0.3, 0.4) is 0 Å². The molecule has 0 radical (unpaired) electrons. The predicted molar refractivity (Wildman–Crippen MR) is 115 cm³/mol. The topological polar surface area (TPSA) is 78.5 Å². The lowest BCUT2D eigenvalue weighted by Crippen LogP contribution is -2.55. The molecule has 4 rings (SSSR count). The molecule has 1 aromatic carbocycles. The van der Waals surface area contributed by atoms with Crippen LogP contribution in [0, 0.1) is 17.7 Å². The Kier molecular flexibility index (Phi) is 6.88. The van der Waals surface area contributed by atoms with Gasteiger partial charge in [-0.3, -0.25) is 14.4 Å². The molecule has 2 N–H and O–H groups in total. The molecule has 2 aliphatic carbocycles. The molecule has 3 amide bonds. The van der Waals surface area contributed by atoms with Gasteiger partial charge in [-0.1, -0.05) is 19.3 Å². The minimum absolute atomic E-state index is 0.0312. The number of halogens is 1. The average molecular weight is 430 g/mol. The lowest BCUT2D eigenvalue weighted by molar-refractivity contribution is -0.141. The zero-order valence-corrected chi connectivity index (χ0v) is 17.9. The normalized spacial score (nSPS) is 24.9. The van der Waals surface area contributed by atoms with Crippen LogP contribution in [0.4, 0.5) is 4.39 Å². The Labute approximate surface area is 182 Å². The molecule has 2 atom stereocenters. The minimum atomic E-state index is -0.375. The highest BCUT2D eigenvalue weighted by Gasteiger charge is 2.35. The van der Waals surface area contributed by atoms with Crippen molar-refractivity contribution in [2.75, 3.05) is 13.1 Å². The molecule has 0 aromatic heterocycles. The third kappa shape index (κ3) is 5.25. The van der Waals surface area contributed by atoms with Gasteiger partial charge in [-0.15, -0.1) is 0 Å². The summed E-state index contributed by atoms with van der Waals surface area (Å²) >= 11 is 0. The molecule has 1 aromatic rings. The van der Waals surface area contributed by atoms with Gasteiger partial charge in [0.1, 0.15) is 5.82 Å². The van der Waals surface area contributed by atoms with Crippen LogP contribution >= 0.6 is 0 Å². The van der Waals surface area contributed by atoms with Crippen molar-refractivity contribution in [3.05, 3.63) is 35.6 Å². The van der Waals surface area contributed by atoms with Crippen LogP contribution < -0.4 is 10.6 Å². The summed E-state index contributed by atoms with van der Waals surface area (Å²) in [6.45, 7) is 1.31. The number of carbonyl (C=O) groups excluding carboxylic acids is 3. The van der Waals surface area contributed by atoms with Crippen LogP contribution in [-0.4, -0.2) is 47.8 Å². The zero-order valence-electron chi connectivity index (χ0n) is 17.9. The van der Waals surface area contributed by atoms with Crippen molar-refractivity contribution in [1.29, 1.82) is 0 Å². The molecule has 3 aliphatic rings. The average Bonchev–Trinajstić information content (AvgIpc) is 2.74. The van der Waals surface area contributed by atoms with Crippen molar-refractivity contribution in [2.45, 2.75) is 69.9 Å². The summed E-state index contributed by atoms with van der Waals surface area (Å²) in [5.74, 6) is -0.197. The second kappa shape index (κ2) is 9.79.